The summed E-state index contributed by atoms with van der Waals surface area (Å²) in [6, 6.07) is 14.5. The summed E-state index contributed by atoms with van der Waals surface area (Å²) in [5, 5.41) is 15.0. The maximum absolute atomic E-state index is 12.3. The van der Waals surface area contributed by atoms with E-state index in [9.17, 15) is 14.9 Å². The van der Waals surface area contributed by atoms with E-state index in [0.29, 0.717) is 18.5 Å². The zero-order valence-electron chi connectivity index (χ0n) is 13.7. The summed E-state index contributed by atoms with van der Waals surface area (Å²) >= 11 is 0. The fourth-order valence-corrected chi connectivity index (χ4v) is 2.86. The molecule has 1 heterocycles. The molecule has 0 atom stereocenters. The number of pyridine rings is 1. The van der Waals surface area contributed by atoms with Gasteiger partial charge in [-0.15, -0.1) is 0 Å². The maximum atomic E-state index is 12.3. The van der Waals surface area contributed by atoms with Gasteiger partial charge in [-0.25, -0.2) is 0 Å². The minimum absolute atomic E-state index is 0.0843. The van der Waals surface area contributed by atoms with Gasteiger partial charge in [-0.3, -0.25) is 19.9 Å². The van der Waals surface area contributed by atoms with Gasteiger partial charge in [0.1, 0.15) is 5.56 Å². The van der Waals surface area contributed by atoms with Gasteiger partial charge < -0.3 is 5.32 Å². The van der Waals surface area contributed by atoms with Gasteiger partial charge in [0.2, 0.25) is 0 Å². The Morgan fingerprint density at radius 3 is 2.72 bits per heavy atom. The van der Waals surface area contributed by atoms with E-state index in [-0.39, 0.29) is 11.3 Å². The van der Waals surface area contributed by atoms with Gasteiger partial charge in [-0.2, -0.15) is 0 Å². The van der Waals surface area contributed by atoms with Crippen molar-refractivity contribution in [1.82, 2.24) is 10.3 Å². The Kier molecular flexibility index (Phi) is 4.70. The number of rotatable bonds is 5. The van der Waals surface area contributed by atoms with E-state index in [4.69, 9.17) is 0 Å². The number of nitro benzene ring substituents is 1. The predicted octanol–water partition coefficient (Wildman–Crippen LogP) is 3.42. The number of hydrogen-bond donors (Lipinski definition) is 1. The second kappa shape index (κ2) is 7.09. The van der Waals surface area contributed by atoms with Crippen molar-refractivity contribution in [2.75, 3.05) is 6.54 Å². The van der Waals surface area contributed by atoms with Gasteiger partial charge in [0.25, 0.3) is 11.6 Å². The molecule has 0 bridgehead atoms. The molecule has 6 nitrogen and oxygen atoms in total. The number of benzene rings is 2. The molecule has 0 fully saturated rings. The molecule has 1 aromatic heterocycles. The number of aromatic nitrogens is 1. The molecule has 25 heavy (non-hydrogen) atoms. The van der Waals surface area contributed by atoms with Gasteiger partial charge in [0.05, 0.1) is 10.4 Å². The van der Waals surface area contributed by atoms with Gasteiger partial charge in [0, 0.05) is 23.7 Å². The first-order valence-electron chi connectivity index (χ1n) is 7.93. The van der Waals surface area contributed by atoms with Crippen LogP contribution in [0.1, 0.15) is 21.5 Å². The van der Waals surface area contributed by atoms with Crippen LogP contribution in [0.15, 0.2) is 54.7 Å². The minimum atomic E-state index is -0.515. The first-order chi connectivity index (χ1) is 12.1. The highest BCUT2D eigenvalue weighted by Gasteiger charge is 2.21. The Balaban J connectivity index is 1.73. The minimum Gasteiger partial charge on any atom is -0.351 e. The number of para-hydroxylation sites is 2. The predicted molar refractivity (Wildman–Crippen MR) is 95.6 cm³/mol. The number of nitrogens with zero attached hydrogens (tertiary/aromatic N) is 2. The fraction of sp³-hybridized carbons (Fsp3) is 0.158. The van der Waals surface area contributed by atoms with Crippen molar-refractivity contribution in [2.45, 2.75) is 13.3 Å². The van der Waals surface area contributed by atoms with Crippen LogP contribution in [0.25, 0.3) is 10.9 Å². The average molecular weight is 335 g/mol. The van der Waals surface area contributed by atoms with Crippen molar-refractivity contribution >= 4 is 22.5 Å². The van der Waals surface area contributed by atoms with Gasteiger partial charge >= 0.3 is 0 Å². The van der Waals surface area contributed by atoms with E-state index >= 15 is 0 Å². The van der Waals surface area contributed by atoms with Crippen molar-refractivity contribution in [1.29, 1.82) is 0 Å². The van der Waals surface area contributed by atoms with Crippen LogP contribution in [0.2, 0.25) is 0 Å². The molecule has 2 aromatic carbocycles. The second-order valence-electron chi connectivity index (χ2n) is 5.73. The van der Waals surface area contributed by atoms with Crippen LogP contribution in [0.4, 0.5) is 5.69 Å². The lowest BCUT2D eigenvalue weighted by Crippen LogP contribution is -2.26. The number of nitro groups is 1. The quantitative estimate of drug-likeness (QED) is 0.572. The molecule has 0 unspecified atom stereocenters. The van der Waals surface area contributed by atoms with Gasteiger partial charge in [0.15, 0.2) is 0 Å². The van der Waals surface area contributed by atoms with E-state index in [1.165, 1.54) is 6.07 Å². The lowest BCUT2D eigenvalue weighted by molar-refractivity contribution is -0.385. The molecule has 1 N–H and O–H groups in total. The Bertz CT molecular complexity index is 948. The second-order valence-corrected chi connectivity index (χ2v) is 5.73. The van der Waals surface area contributed by atoms with Crippen LogP contribution in [0, 0.1) is 17.0 Å². The highest BCUT2D eigenvalue weighted by atomic mass is 16.6. The van der Waals surface area contributed by atoms with E-state index < -0.39 is 10.8 Å². The summed E-state index contributed by atoms with van der Waals surface area (Å²) in [6.07, 6.45) is 2.33. The zero-order valence-corrected chi connectivity index (χ0v) is 13.7. The highest BCUT2D eigenvalue weighted by molar-refractivity contribution is 5.98. The van der Waals surface area contributed by atoms with E-state index in [1.54, 1.807) is 25.3 Å². The third-order valence-corrected chi connectivity index (χ3v) is 4.06. The lowest BCUT2D eigenvalue weighted by atomic mass is 10.1. The van der Waals surface area contributed by atoms with Crippen LogP contribution >= 0.6 is 0 Å². The number of nitrogens with one attached hydrogen (secondary N) is 1. The normalized spacial score (nSPS) is 10.6. The number of hydrogen-bond acceptors (Lipinski definition) is 4. The molecule has 0 aliphatic carbocycles. The first kappa shape index (κ1) is 16.6. The number of amides is 1. The van der Waals surface area contributed by atoms with Crippen molar-refractivity contribution in [3.8, 4) is 0 Å². The Hall–Kier alpha value is -3.28. The fourth-order valence-electron chi connectivity index (χ4n) is 2.86. The SMILES string of the molecule is Cc1cccc(C(=O)NCCc2cccc3cccnc23)c1[N+](=O)[O-]. The van der Waals surface area contributed by atoms with E-state index in [0.717, 1.165) is 16.5 Å². The van der Waals surface area contributed by atoms with Gasteiger partial charge in [-0.1, -0.05) is 36.4 Å². The first-order valence-corrected chi connectivity index (χ1v) is 7.93. The van der Waals surface area contributed by atoms with Crippen molar-refractivity contribution in [2.24, 2.45) is 0 Å². The highest BCUT2D eigenvalue weighted by Crippen LogP contribution is 2.23. The Morgan fingerprint density at radius 2 is 1.92 bits per heavy atom. The van der Waals surface area contributed by atoms with Crippen LogP contribution in [0.3, 0.4) is 0 Å². The third kappa shape index (κ3) is 3.47. The van der Waals surface area contributed by atoms with Crippen molar-refractivity contribution in [3.63, 3.8) is 0 Å². The molecule has 3 rings (SSSR count). The topological polar surface area (TPSA) is 85.1 Å². The summed E-state index contributed by atoms with van der Waals surface area (Å²) < 4.78 is 0. The summed E-state index contributed by atoms with van der Waals surface area (Å²) in [5.74, 6) is -0.441. The van der Waals surface area contributed by atoms with Crippen LogP contribution < -0.4 is 5.32 Å². The molecule has 0 radical (unpaired) electrons. The zero-order chi connectivity index (χ0) is 17.8. The molecule has 0 saturated carbocycles. The van der Waals surface area contributed by atoms with Crippen molar-refractivity contribution in [3.05, 3.63) is 81.5 Å². The third-order valence-electron chi connectivity index (χ3n) is 4.06. The van der Waals surface area contributed by atoms with Crippen LogP contribution in [-0.2, 0) is 6.42 Å². The van der Waals surface area contributed by atoms with E-state index in [1.807, 2.05) is 30.3 Å². The lowest BCUT2D eigenvalue weighted by Gasteiger charge is -2.08. The molecule has 0 saturated heterocycles. The maximum Gasteiger partial charge on any atom is 0.285 e. The summed E-state index contributed by atoms with van der Waals surface area (Å²) in [4.78, 5) is 27.4. The number of fused-ring (bicyclic) bond motifs is 1. The summed E-state index contributed by atoms with van der Waals surface area (Å²) in [7, 11) is 0. The molecule has 0 spiro atoms. The Morgan fingerprint density at radius 1 is 1.16 bits per heavy atom. The van der Waals surface area contributed by atoms with Gasteiger partial charge in [-0.05, 0) is 31.0 Å². The molecule has 6 heteroatoms. The number of carbonyl (C=O) groups excluding carboxylic acids is 1. The molecule has 1 amide bonds. The molecule has 126 valence electrons. The molecular formula is C19H17N3O3. The molecular weight excluding hydrogens is 318 g/mol. The smallest absolute Gasteiger partial charge is 0.285 e. The van der Waals surface area contributed by atoms with Crippen LogP contribution in [0.5, 0.6) is 0 Å². The van der Waals surface area contributed by atoms with Crippen LogP contribution in [-0.4, -0.2) is 22.4 Å². The molecule has 3 aromatic rings. The molecule has 0 aliphatic rings. The number of aryl methyl sites for hydroxylation is 1. The number of carbonyl (C=O) groups is 1. The average Bonchev–Trinajstić information content (AvgIpc) is 2.61. The standard InChI is InChI=1S/C19H17N3O3/c1-13-5-2-9-16(18(13)22(24)25)19(23)21-12-10-15-7-3-6-14-8-4-11-20-17(14)15/h2-9,11H,10,12H2,1H3,(H,21,23). The van der Waals surface area contributed by atoms with E-state index in [2.05, 4.69) is 10.3 Å². The summed E-state index contributed by atoms with van der Waals surface area (Å²) in [6.45, 7) is 2.00. The van der Waals surface area contributed by atoms with Crippen molar-refractivity contribution < 1.29 is 9.72 Å². The molecule has 0 aliphatic heterocycles. The monoisotopic (exact) mass is 335 g/mol. The Labute approximate surface area is 144 Å². The largest absolute Gasteiger partial charge is 0.351 e. The summed E-state index contributed by atoms with van der Waals surface area (Å²) in [5.41, 5.74) is 2.33.